The second kappa shape index (κ2) is 7.37. The van der Waals surface area contributed by atoms with Crippen LogP contribution < -0.4 is 5.32 Å². The fourth-order valence-electron chi connectivity index (χ4n) is 2.36. The molecule has 2 rings (SSSR count). The summed E-state index contributed by atoms with van der Waals surface area (Å²) in [6.07, 6.45) is 1.95. The summed E-state index contributed by atoms with van der Waals surface area (Å²) >= 11 is 5.96. The van der Waals surface area contributed by atoms with Crippen molar-refractivity contribution in [1.82, 2.24) is 14.8 Å². The molecule has 124 valence electrons. The number of benzene rings is 1. The van der Waals surface area contributed by atoms with Gasteiger partial charge in [-0.2, -0.15) is 0 Å². The van der Waals surface area contributed by atoms with E-state index in [0.717, 1.165) is 10.9 Å². The molecule has 0 spiro atoms. The van der Waals surface area contributed by atoms with Crippen LogP contribution in [0.15, 0.2) is 30.5 Å². The smallest absolute Gasteiger partial charge is 0.317 e. The lowest BCUT2D eigenvalue weighted by Gasteiger charge is -2.20. The molecule has 1 atom stereocenters. The zero-order valence-corrected chi connectivity index (χ0v) is 13.9. The number of aliphatic carboxylic acids is 1. The van der Waals surface area contributed by atoms with Crippen molar-refractivity contribution in [2.24, 2.45) is 5.92 Å². The van der Waals surface area contributed by atoms with E-state index in [1.807, 2.05) is 35.0 Å². The van der Waals surface area contributed by atoms with Crippen LogP contribution in [0.25, 0.3) is 10.9 Å². The molecule has 2 aromatic rings. The van der Waals surface area contributed by atoms with Crippen LogP contribution in [0.4, 0.5) is 4.79 Å². The zero-order valence-electron chi connectivity index (χ0n) is 13.1. The van der Waals surface area contributed by atoms with Gasteiger partial charge in [-0.1, -0.05) is 18.5 Å². The van der Waals surface area contributed by atoms with Crippen LogP contribution in [0.5, 0.6) is 0 Å². The van der Waals surface area contributed by atoms with Crippen LogP contribution in [0.2, 0.25) is 5.02 Å². The number of urea groups is 1. The average molecular weight is 338 g/mol. The summed E-state index contributed by atoms with van der Waals surface area (Å²) in [5.74, 6) is -1.51. The summed E-state index contributed by atoms with van der Waals surface area (Å²) in [4.78, 5) is 24.1. The van der Waals surface area contributed by atoms with Gasteiger partial charge < -0.3 is 19.9 Å². The Hall–Kier alpha value is -2.21. The number of halogens is 1. The van der Waals surface area contributed by atoms with Gasteiger partial charge in [-0.05, 0) is 24.3 Å². The number of carboxylic acid groups (broad SMARTS) is 1. The summed E-state index contributed by atoms with van der Waals surface area (Å²) in [6, 6.07) is 7.37. The Bertz CT molecular complexity index is 714. The molecule has 1 aromatic heterocycles. The van der Waals surface area contributed by atoms with Crippen molar-refractivity contribution < 1.29 is 14.7 Å². The number of fused-ring (bicyclic) bond motifs is 1. The number of nitrogens with one attached hydrogen (secondary N) is 1. The zero-order chi connectivity index (χ0) is 17.0. The molecular formula is C16H20ClN3O3. The summed E-state index contributed by atoms with van der Waals surface area (Å²) in [5, 5.41) is 13.4. The quantitative estimate of drug-likeness (QED) is 0.851. The van der Waals surface area contributed by atoms with E-state index in [9.17, 15) is 9.59 Å². The molecule has 2 amide bonds. The molecule has 0 saturated heterocycles. The largest absolute Gasteiger partial charge is 0.481 e. The molecule has 0 aliphatic carbocycles. The maximum Gasteiger partial charge on any atom is 0.317 e. The van der Waals surface area contributed by atoms with Crippen molar-refractivity contribution in [3.8, 4) is 0 Å². The lowest BCUT2D eigenvalue weighted by atomic mass is 10.2. The molecule has 0 aliphatic rings. The molecule has 0 saturated carbocycles. The minimum absolute atomic E-state index is 0.173. The summed E-state index contributed by atoms with van der Waals surface area (Å²) in [7, 11) is 1.59. The summed E-state index contributed by atoms with van der Waals surface area (Å²) < 4.78 is 2.03. The Morgan fingerprint density at radius 3 is 2.83 bits per heavy atom. The molecule has 2 N–H and O–H groups in total. The third kappa shape index (κ3) is 4.39. The molecule has 0 fully saturated rings. The summed E-state index contributed by atoms with van der Waals surface area (Å²) in [5.41, 5.74) is 1.05. The highest BCUT2D eigenvalue weighted by molar-refractivity contribution is 6.31. The average Bonchev–Trinajstić information content (AvgIpc) is 2.89. The van der Waals surface area contributed by atoms with E-state index in [1.54, 1.807) is 14.0 Å². The molecule has 1 unspecified atom stereocenters. The van der Waals surface area contributed by atoms with Crippen molar-refractivity contribution in [3.63, 3.8) is 0 Å². The van der Waals surface area contributed by atoms with E-state index in [0.29, 0.717) is 18.1 Å². The molecule has 0 radical (unpaired) electrons. The monoisotopic (exact) mass is 337 g/mol. The topological polar surface area (TPSA) is 74.6 Å². The van der Waals surface area contributed by atoms with E-state index < -0.39 is 11.9 Å². The van der Waals surface area contributed by atoms with Crippen LogP contribution in [0.1, 0.15) is 6.92 Å². The van der Waals surface area contributed by atoms with Crippen molar-refractivity contribution in [2.45, 2.75) is 13.5 Å². The van der Waals surface area contributed by atoms with E-state index >= 15 is 0 Å². The van der Waals surface area contributed by atoms with Gasteiger partial charge in [0.2, 0.25) is 0 Å². The van der Waals surface area contributed by atoms with Gasteiger partial charge in [-0.25, -0.2) is 4.79 Å². The number of carboxylic acids is 1. The van der Waals surface area contributed by atoms with Gasteiger partial charge in [0.15, 0.2) is 0 Å². The number of hydrogen-bond acceptors (Lipinski definition) is 2. The third-order valence-electron chi connectivity index (χ3n) is 3.68. The van der Waals surface area contributed by atoms with Crippen LogP contribution in [-0.4, -0.2) is 46.7 Å². The molecule has 1 heterocycles. The number of carbonyl (C=O) groups is 2. The molecule has 0 aliphatic heterocycles. The van der Waals surface area contributed by atoms with Gasteiger partial charge in [-0.3, -0.25) is 4.79 Å². The van der Waals surface area contributed by atoms with Crippen molar-refractivity contribution >= 4 is 34.5 Å². The van der Waals surface area contributed by atoms with Gasteiger partial charge in [0.05, 0.1) is 5.92 Å². The number of hydrogen-bond donors (Lipinski definition) is 2. The molecule has 7 heteroatoms. The fraction of sp³-hybridized carbons (Fsp3) is 0.375. The Morgan fingerprint density at radius 1 is 1.39 bits per heavy atom. The van der Waals surface area contributed by atoms with Crippen molar-refractivity contribution in [2.75, 3.05) is 20.1 Å². The summed E-state index contributed by atoms with van der Waals surface area (Å²) in [6.45, 7) is 2.82. The first-order valence-electron chi connectivity index (χ1n) is 7.34. The first-order chi connectivity index (χ1) is 10.9. The Kier molecular flexibility index (Phi) is 5.50. The highest BCUT2D eigenvalue weighted by Crippen LogP contribution is 2.20. The standard InChI is InChI=1S/C16H20ClN3O3/c1-11(15(21)22)10-19(2)16(23)18-6-8-20-7-5-12-9-13(17)3-4-14(12)20/h3-5,7,9,11H,6,8,10H2,1-2H3,(H,18,23)(H,21,22). The number of amides is 2. The minimum Gasteiger partial charge on any atom is -0.481 e. The first kappa shape index (κ1) is 17.1. The maximum absolute atomic E-state index is 11.9. The normalized spacial score (nSPS) is 12.1. The highest BCUT2D eigenvalue weighted by atomic mass is 35.5. The predicted octanol–water partition coefficient (Wildman–Crippen LogP) is 2.66. The lowest BCUT2D eigenvalue weighted by molar-refractivity contribution is -0.141. The number of nitrogens with zero attached hydrogens (tertiary/aromatic N) is 2. The Labute approximate surface area is 139 Å². The van der Waals surface area contributed by atoms with Crippen LogP contribution in [0, 0.1) is 5.92 Å². The highest BCUT2D eigenvalue weighted by Gasteiger charge is 2.16. The molecule has 1 aromatic carbocycles. The lowest BCUT2D eigenvalue weighted by Crippen LogP contribution is -2.41. The second-order valence-corrected chi connectivity index (χ2v) is 6.00. The van der Waals surface area contributed by atoms with Gasteiger partial charge in [0, 0.05) is 48.8 Å². The second-order valence-electron chi connectivity index (χ2n) is 5.56. The number of carbonyl (C=O) groups excluding carboxylic acids is 1. The predicted molar refractivity (Wildman–Crippen MR) is 89.8 cm³/mol. The van der Waals surface area contributed by atoms with Gasteiger partial charge in [0.25, 0.3) is 0 Å². The van der Waals surface area contributed by atoms with Gasteiger partial charge in [0.1, 0.15) is 0 Å². The Balaban J connectivity index is 1.86. The fourth-order valence-corrected chi connectivity index (χ4v) is 2.54. The molecular weight excluding hydrogens is 318 g/mol. The third-order valence-corrected chi connectivity index (χ3v) is 3.91. The Morgan fingerprint density at radius 2 is 2.13 bits per heavy atom. The van der Waals surface area contributed by atoms with E-state index in [2.05, 4.69) is 5.32 Å². The van der Waals surface area contributed by atoms with E-state index in [4.69, 9.17) is 16.7 Å². The molecule has 0 bridgehead atoms. The van der Waals surface area contributed by atoms with E-state index in [1.165, 1.54) is 4.90 Å². The minimum atomic E-state index is -0.915. The van der Waals surface area contributed by atoms with E-state index in [-0.39, 0.29) is 12.6 Å². The van der Waals surface area contributed by atoms with Crippen molar-refractivity contribution in [3.05, 3.63) is 35.5 Å². The number of rotatable bonds is 6. The molecule has 6 nitrogen and oxygen atoms in total. The number of aromatic nitrogens is 1. The molecule has 23 heavy (non-hydrogen) atoms. The maximum atomic E-state index is 11.9. The van der Waals surface area contributed by atoms with Crippen LogP contribution in [-0.2, 0) is 11.3 Å². The van der Waals surface area contributed by atoms with Crippen LogP contribution >= 0.6 is 11.6 Å². The SMILES string of the molecule is CC(CN(C)C(=O)NCCn1ccc2cc(Cl)ccc21)C(=O)O. The van der Waals surface area contributed by atoms with Crippen LogP contribution in [0.3, 0.4) is 0 Å². The van der Waals surface area contributed by atoms with Gasteiger partial charge >= 0.3 is 12.0 Å². The first-order valence-corrected chi connectivity index (χ1v) is 7.72. The van der Waals surface area contributed by atoms with Crippen molar-refractivity contribution in [1.29, 1.82) is 0 Å². The van der Waals surface area contributed by atoms with Gasteiger partial charge in [-0.15, -0.1) is 0 Å².